The summed E-state index contributed by atoms with van der Waals surface area (Å²) in [7, 11) is 1.68. The molecule has 4 bridgehead atoms. The number of Topliss-reactive ketones (excluding diaryl/α,β-unsaturated/α-hetero) is 1. The monoisotopic (exact) mass is 448 g/mol. The van der Waals surface area contributed by atoms with Crippen LogP contribution in [0.2, 0.25) is 0 Å². The fourth-order valence-electron chi connectivity index (χ4n) is 11.4. The molecule has 0 radical (unpaired) electrons. The molecule has 0 aromatic heterocycles. The number of aliphatic hydroxyl groups is 1. The Morgan fingerprint density at radius 1 is 1.18 bits per heavy atom. The number of hydrogen-bond acceptors (Lipinski definition) is 4. The third-order valence-electron chi connectivity index (χ3n) is 12.3. The van der Waals surface area contributed by atoms with Crippen LogP contribution in [0.1, 0.15) is 57.4 Å². The van der Waals surface area contributed by atoms with Crippen LogP contribution in [0.25, 0.3) is 0 Å². The van der Waals surface area contributed by atoms with Crippen molar-refractivity contribution in [2.75, 3.05) is 7.11 Å². The molecule has 1 spiro atoms. The van der Waals surface area contributed by atoms with Crippen molar-refractivity contribution in [2.45, 2.75) is 70.0 Å². The second-order valence-corrected chi connectivity index (χ2v) is 12.5. The van der Waals surface area contributed by atoms with Gasteiger partial charge in [-0.2, -0.15) is 0 Å². The third kappa shape index (κ3) is 2.00. The molecule has 0 aliphatic heterocycles. The third-order valence-corrected chi connectivity index (χ3v) is 12.3. The molecule has 5 saturated carbocycles. The molecule has 5 fully saturated rings. The van der Waals surface area contributed by atoms with Crippen molar-refractivity contribution in [1.82, 2.24) is 0 Å². The first-order valence-electron chi connectivity index (χ1n) is 13.1. The highest BCUT2D eigenvalue weighted by molar-refractivity contribution is 5.88. The summed E-state index contributed by atoms with van der Waals surface area (Å²) >= 11 is 0. The number of methoxy groups -OCH3 is 1. The lowest BCUT2D eigenvalue weighted by molar-refractivity contribution is -0.193. The van der Waals surface area contributed by atoms with Gasteiger partial charge in [0.1, 0.15) is 17.1 Å². The summed E-state index contributed by atoms with van der Waals surface area (Å²) in [6.07, 6.45) is 12.3. The number of phenols is 1. The zero-order valence-electron chi connectivity index (χ0n) is 19.8. The zero-order chi connectivity index (χ0) is 22.8. The number of ketones is 1. The molecule has 176 valence electrons. The highest BCUT2D eigenvalue weighted by atomic mass is 16.5. The first kappa shape index (κ1) is 20.7. The largest absolute Gasteiger partial charge is 0.508 e. The number of ether oxygens (including phenoxy) is 1. The molecular formula is C29H36O4. The SMILES string of the molecule is COC1CC(=O)C2C3C4CCC56CCC(Cc7ccccc7O)C5C=CCC(C4)(C12O)C36C. The van der Waals surface area contributed by atoms with E-state index in [-0.39, 0.29) is 40.0 Å². The van der Waals surface area contributed by atoms with Gasteiger partial charge in [-0.3, -0.25) is 4.79 Å². The van der Waals surface area contributed by atoms with Crippen molar-refractivity contribution in [3.63, 3.8) is 0 Å². The van der Waals surface area contributed by atoms with Gasteiger partial charge in [0.2, 0.25) is 0 Å². The smallest absolute Gasteiger partial charge is 0.141 e. The molecule has 33 heavy (non-hydrogen) atoms. The topological polar surface area (TPSA) is 66.8 Å². The van der Waals surface area contributed by atoms with Gasteiger partial charge < -0.3 is 14.9 Å². The fourth-order valence-corrected chi connectivity index (χ4v) is 11.4. The number of allylic oxidation sites excluding steroid dienone is 2. The first-order chi connectivity index (χ1) is 15.8. The van der Waals surface area contributed by atoms with Crippen molar-refractivity contribution in [3.8, 4) is 5.75 Å². The van der Waals surface area contributed by atoms with E-state index in [0.29, 0.717) is 29.9 Å². The molecule has 4 heteroatoms. The van der Waals surface area contributed by atoms with E-state index in [1.807, 2.05) is 12.1 Å². The van der Waals surface area contributed by atoms with Gasteiger partial charge in [0, 0.05) is 18.9 Å². The first-order valence-corrected chi connectivity index (χ1v) is 13.1. The lowest BCUT2D eigenvalue weighted by atomic mass is 9.45. The number of para-hydroxylation sites is 1. The van der Waals surface area contributed by atoms with Gasteiger partial charge in [-0.1, -0.05) is 37.3 Å². The molecule has 7 rings (SSSR count). The minimum absolute atomic E-state index is 0.0587. The van der Waals surface area contributed by atoms with Gasteiger partial charge in [0.05, 0.1) is 12.0 Å². The van der Waals surface area contributed by atoms with Gasteiger partial charge in [-0.25, -0.2) is 0 Å². The van der Waals surface area contributed by atoms with E-state index >= 15 is 0 Å². The van der Waals surface area contributed by atoms with Gasteiger partial charge >= 0.3 is 0 Å². The van der Waals surface area contributed by atoms with Gasteiger partial charge in [0.25, 0.3) is 0 Å². The average Bonchev–Trinajstić information content (AvgIpc) is 3.37. The normalized spacial score (nSPS) is 53.2. The molecule has 2 N–H and O–H groups in total. The second kappa shape index (κ2) is 6.31. The predicted octanol–water partition coefficient (Wildman–Crippen LogP) is 4.68. The second-order valence-electron chi connectivity index (χ2n) is 12.5. The maximum Gasteiger partial charge on any atom is 0.141 e. The van der Waals surface area contributed by atoms with Crippen LogP contribution < -0.4 is 0 Å². The van der Waals surface area contributed by atoms with E-state index in [1.54, 1.807) is 13.2 Å². The zero-order valence-corrected chi connectivity index (χ0v) is 19.8. The maximum atomic E-state index is 13.4. The Bertz CT molecular complexity index is 1060. The van der Waals surface area contributed by atoms with Crippen molar-refractivity contribution < 1.29 is 19.7 Å². The molecule has 1 aromatic rings. The van der Waals surface area contributed by atoms with Gasteiger partial charge in [0.15, 0.2) is 0 Å². The number of aromatic hydroxyl groups is 1. The number of benzene rings is 1. The molecule has 1 aromatic carbocycles. The highest BCUT2D eigenvalue weighted by Gasteiger charge is 2.89. The summed E-state index contributed by atoms with van der Waals surface area (Å²) in [5, 5.41) is 23.0. The number of fused-ring (bicyclic) bond motifs is 1. The van der Waals surface area contributed by atoms with Gasteiger partial charge in [-0.15, -0.1) is 0 Å². The molecule has 10 unspecified atom stereocenters. The van der Waals surface area contributed by atoms with Crippen LogP contribution in [0, 0.1) is 45.8 Å². The average molecular weight is 449 g/mol. The lowest BCUT2D eigenvalue weighted by Crippen LogP contribution is -2.60. The molecule has 0 amide bonds. The van der Waals surface area contributed by atoms with Crippen LogP contribution in [0.5, 0.6) is 5.75 Å². The van der Waals surface area contributed by atoms with Crippen LogP contribution in [-0.2, 0) is 16.0 Å². The quantitative estimate of drug-likeness (QED) is 0.659. The van der Waals surface area contributed by atoms with Crippen LogP contribution >= 0.6 is 0 Å². The summed E-state index contributed by atoms with van der Waals surface area (Å²) in [6.45, 7) is 2.48. The molecule has 6 aliphatic carbocycles. The van der Waals surface area contributed by atoms with Crippen LogP contribution in [0.3, 0.4) is 0 Å². The van der Waals surface area contributed by atoms with E-state index in [4.69, 9.17) is 4.74 Å². The van der Waals surface area contributed by atoms with E-state index in [2.05, 4.69) is 25.1 Å². The number of carbonyl (C=O) groups excluding carboxylic acids is 1. The number of hydrogen-bond donors (Lipinski definition) is 2. The van der Waals surface area contributed by atoms with Crippen LogP contribution in [0.4, 0.5) is 0 Å². The summed E-state index contributed by atoms with van der Waals surface area (Å²) < 4.78 is 5.87. The van der Waals surface area contributed by atoms with Crippen molar-refractivity contribution in [3.05, 3.63) is 42.0 Å². The van der Waals surface area contributed by atoms with E-state index < -0.39 is 5.60 Å². The van der Waals surface area contributed by atoms with Crippen molar-refractivity contribution in [1.29, 1.82) is 0 Å². The summed E-state index contributed by atoms with van der Waals surface area (Å²) in [6, 6.07) is 7.78. The number of carbonyl (C=O) groups is 1. The molecule has 0 heterocycles. The Morgan fingerprint density at radius 2 is 1.97 bits per heavy atom. The Kier molecular flexibility index (Phi) is 3.96. The van der Waals surface area contributed by atoms with Crippen LogP contribution in [0.15, 0.2) is 36.4 Å². The van der Waals surface area contributed by atoms with E-state index in [1.165, 1.54) is 12.8 Å². The van der Waals surface area contributed by atoms with Crippen molar-refractivity contribution in [2.24, 2.45) is 45.8 Å². The summed E-state index contributed by atoms with van der Waals surface area (Å²) in [5.74, 6) is 2.14. The Morgan fingerprint density at radius 3 is 2.76 bits per heavy atom. The number of rotatable bonds is 3. The Labute approximate surface area is 196 Å². The minimum Gasteiger partial charge on any atom is -0.508 e. The Hall–Kier alpha value is -1.65. The molecule has 10 atom stereocenters. The maximum absolute atomic E-state index is 13.4. The van der Waals surface area contributed by atoms with Crippen molar-refractivity contribution >= 4 is 5.78 Å². The molecule has 6 aliphatic rings. The molecule has 4 nitrogen and oxygen atoms in total. The molecular weight excluding hydrogens is 412 g/mol. The summed E-state index contributed by atoms with van der Waals surface area (Å²) in [4.78, 5) is 13.4. The lowest BCUT2D eigenvalue weighted by Gasteiger charge is -2.59. The Balaban J connectivity index is 1.37. The minimum atomic E-state index is -1.04. The predicted molar refractivity (Wildman–Crippen MR) is 124 cm³/mol. The number of phenolic OH excluding ortho intramolecular Hbond substituents is 1. The molecule has 0 saturated heterocycles. The van der Waals surface area contributed by atoms with Gasteiger partial charge in [-0.05, 0) is 91.1 Å². The highest BCUT2D eigenvalue weighted by Crippen LogP contribution is 2.88. The van der Waals surface area contributed by atoms with E-state index in [9.17, 15) is 15.0 Å². The van der Waals surface area contributed by atoms with Crippen LogP contribution in [-0.4, -0.2) is 34.8 Å². The van der Waals surface area contributed by atoms with E-state index in [0.717, 1.165) is 37.7 Å². The standard InChI is InChI=1S/C29H36O4/c1-26-24-19-10-13-27(26)12-9-17(14-18-6-3-4-8-21(18)30)20(27)7-5-11-28(26,16-19)29(32)23(33-2)15-22(31)25(24)29/h3-8,17,19-20,23-25,30,32H,9-16H2,1-2H3. The fraction of sp³-hybridized carbons (Fsp3) is 0.690. The summed E-state index contributed by atoms with van der Waals surface area (Å²) in [5.41, 5.74) is -0.216.